The lowest BCUT2D eigenvalue weighted by atomic mass is 9.82. The molecule has 3 rings (SSSR count). The fourth-order valence-electron chi connectivity index (χ4n) is 3.13. The summed E-state index contributed by atoms with van der Waals surface area (Å²) >= 11 is 0. The van der Waals surface area contributed by atoms with Crippen molar-refractivity contribution in [3.05, 3.63) is 106 Å². The Morgan fingerprint density at radius 2 is 1.19 bits per heavy atom. The van der Waals surface area contributed by atoms with E-state index in [1.165, 1.54) is 6.07 Å². The molecule has 0 N–H and O–H groups in total. The Bertz CT molecular complexity index is 1030. The van der Waals surface area contributed by atoms with Crippen LogP contribution in [-0.2, 0) is 6.42 Å². The predicted molar refractivity (Wildman–Crippen MR) is 99.0 cm³/mol. The van der Waals surface area contributed by atoms with E-state index in [1.54, 1.807) is 6.07 Å². The lowest BCUT2D eigenvalue weighted by molar-refractivity contribution is 0.801. The zero-order valence-electron chi connectivity index (χ0n) is 14.1. The first-order valence-electron chi connectivity index (χ1n) is 8.24. The number of hydrogen-bond acceptors (Lipinski definition) is 3. The largest absolute Gasteiger partial charge is 0.192 e. The smallest absolute Gasteiger partial charge is 0.101 e. The molecular formula is C23H15N3. The van der Waals surface area contributed by atoms with Crippen LogP contribution in [0.4, 0.5) is 0 Å². The second-order valence-corrected chi connectivity index (χ2v) is 5.97. The maximum atomic E-state index is 9.62. The van der Waals surface area contributed by atoms with E-state index in [2.05, 4.69) is 24.3 Å². The van der Waals surface area contributed by atoms with Gasteiger partial charge in [0.05, 0.1) is 22.8 Å². The maximum Gasteiger partial charge on any atom is 0.101 e. The molecule has 0 aromatic heterocycles. The maximum absolute atomic E-state index is 9.62. The molecule has 3 heteroatoms. The Balaban J connectivity index is 2.18. The first-order valence-corrected chi connectivity index (χ1v) is 8.24. The highest BCUT2D eigenvalue weighted by Gasteiger charge is 2.20. The van der Waals surface area contributed by atoms with Crippen molar-refractivity contribution in [1.82, 2.24) is 0 Å². The lowest BCUT2D eigenvalue weighted by Gasteiger charge is -2.20. The third kappa shape index (κ3) is 3.46. The van der Waals surface area contributed by atoms with Gasteiger partial charge >= 0.3 is 0 Å². The van der Waals surface area contributed by atoms with Gasteiger partial charge in [-0.15, -0.1) is 0 Å². The molecule has 0 amide bonds. The molecule has 0 bridgehead atoms. The van der Waals surface area contributed by atoms with Crippen LogP contribution in [0.25, 0.3) is 0 Å². The van der Waals surface area contributed by atoms with Gasteiger partial charge in [0, 0.05) is 5.92 Å². The molecule has 0 radical (unpaired) electrons. The molecule has 0 aliphatic heterocycles. The monoisotopic (exact) mass is 333 g/mol. The fraction of sp³-hybridized carbons (Fsp3) is 0.0870. The molecule has 0 heterocycles. The van der Waals surface area contributed by atoms with E-state index in [1.807, 2.05) is 54.6 Å². The average Bonchev–Trinajstić information content (AvgIpc) is 2.72. The van der Waals surface area contributed by atoms with E-state index in [0.29, 0.717) is 17.5 Å². The highest BCUT2D eigenvalue weighted by atomic mass is 14.3. The second-order valence-electron chi connectivity index (χ2n) is 5.97. The van der Waals surface area contributed by atoms with E-state index >= 15 is 0 Å². The van der Waals surface area contributed by atoms with Crippen molar-refractivity contribution >= 4 is 0 Å². The fourth-order valence-corrected chi connectivity index (χ4v) is 3.13. The van der Waals surface area contributed by atoms with Crippen LogP contribution in [0.2, 0.25) is 0 Å². The molecule has 3 aromatic carbocycles. The van der Waals surface area contributed by atoms with Crippen molar-refractivity contribution in [2.24, 2.45) is 0 Å². The van der Waals surface area contributed by atoms with Crippen molar-refractivity contribution in [3.8, 4) is 18.2 Å². The Kier molecular flexibility index (Phi) is 5.09. The first-order chi connectivity index (χ1) is 12.8. The van der Waals surface area contributed by atoms with Gasteiger partial charge in [0.1, 0.15) is 12.1 Å². The Morgan fingerprint density at radius 3 is 1.77 bits per heavy atom. The number of hydrogen-bond donors (Lipinski definition) is 0. The normalized spacial score (nSPS) is 11.0. The Morgan fingerprint density at radius 1 is 0.654 bits per heavy atom. The van der Waals surface area contributed by atoms with Crippen molar-refractivity contribution in [2.75, 3.05) is 0 Å². The van der Waals surface area contributed by atoms with Crippen molar-refractivity contribution in [3.63, 3.8) is 0 Å². The molecule has 1 unspecified atom stereocenters. The lowest BCUT2D eigenvalue weighted by Crippen LogP contribution is -2.08. The standard InChI is InChI=1S/C23H15N3/c24-14-19-12-21(16-26)23(13-20(19)15-25)22(18-9-5-2-6-10-18)11-17-7-3-1-4-8-17/h1-10,12-13,22H,11H2. The highest BCUT2D eigenvalue weighted by molar-refractivity contribution is 5.56. The summed E-state index contributed by atoms with van der Waals surface area (Å²) in [5.41, 5.74) is 3.97. The van der Waals surface area contributed by atoms with Crippen LogP contribution in [0.15, 0.2) is 72.8 Å². The zero-order chi connectivity index (χ0) is 18.4. The summed E-state index contributed by atoms with van der Waals surface area (Å²) in [7, 11) is 0. The molecule has 26 heavy (non-hydrogen) atoms. The van der Waals surface area contributed by atoms with Gasteiger partial charge in [-0.3, -0.25) is 0 Å². The van der Waals surface area contributed by atoms with Crippen molar-refractivity contribution in [2.45, 2.75) is 12.3 Å². The quantitative estimate of drug-likeness (QED) is 0.696. The molecule has 0 aliphatic rings. The minimum atomic E-state index is -0.0758. The Labute approximate surface area is 153 Å². The van der Waals surface area contributed by atoms with Crippen LogP contribution in [0.3, 0.4) is 0 Å². The molecule has 3 aromatic rings. The molecule has 122 valence electrons. The highest BCUT2D eigenvalue weighted by Crippen LogP contribution is 2.32. The van der Waals surface area contributed by atoms with Gasteiger partial charge in [-0.25, -0.2) is 0 Å². The summed E-state index contributed by atoms with van der Waals surface area (Å²) in [6.07, 6.45) is 0.705. The van der Waals surface area contributed by atoms with Crippen molar-refractivity contribution < 1.29 is 0 Å². The van der Waals surface area contributed by atoms with Crippen molar-refractivity contribution in [1.29, 1.82) is 15.8 Å². The molecule has 0 fully saturated rings. The summed E-state index contributed by atoms with van der Waals surface area (Å²) in [6.45, 7) is 0. The molecule has 0 aliphatic carbocycles. The Hall–Kier alpha value is -3.87. The first kappa shape index (κ1) is 17.0. The van der Waals surface area contributed by atoms with E-state index in [4.69, 9.17) is 0 Å². The van der Waals surface area contributed by atoms with Gasteiger partial charge in [0.2, 0.25) is 0 Å². The summed E-state index contributed by atoms with van der Waals surface area (Å²) in [4.78, 5) is 0. The van der Waals surface area contributed by atoms with Crippen LogP contribution in [-0.4, -0.2) is 0 Å². The molecule has 3 nitrogen and oxygen atoms in total. The molecular weight excluding hydrogens is 318 g/mol. The number of nitrogens with zero attached hydrogens (tertiary/aromatic N) is 3. The SMILES string of the molecule is N#Cc1cc(C#N)c(C(Cc2ccccc2)c2ccccc2)cc1C#N. The third-order valence-corrected chi connectivity index (χ3v) is 4.41. The van der Waals surface area contributed by atoms with Crippen LogP contribution in [0.5, 0.6) is 0 Å². The number of nitriles is 3. The average molecular weight is 333 g/mol. The topological polar surface area (TPSA) is 71.4 Å². The minimum absolute atomic E-state index is 0.0758. The molecule has 0 saturated carbocycles. The number of rotatable bonds is 4. The van der Waals surface area contributed by atoms with E-state index < -0.39 is 0 Å². The van der Waals surface area contributed by atoms with Crippen LogP contribution >= 0.6 is 0 Å². The van der Waals surface area contributed by atoms with E-state index in [0.717, 1.165) is 16.7 Å². The van der Waals surface area contributed by atoms with Crippen LogP contribution < -0.4 is 0 Å². The third-order valence-electron chi connectivity index (χ3n) is 4.41. The summed E-state index contributed by atoms with van der Waals surface area (Å²) in [6, 6.07) is 29.5. The second kappa shape index (κ2) is 7.80. The number of benzene rings is 3. The van der Waals surface area contributed by atoms with Gasteiger partial charge in [-0.1, -0.05) is 60.7 Å². The van der Waals surface area contributed by atoms with Gasteiger partial charge < -0.3 is 0 Å². The van der Waals surface area contributed by atoms with Gasteiger partial charge in [0.15, 0.2) is 0 Å². The van der Waals surface area contributed by atoms with Gasteiger partial charge in [-0.2, -0.15) is 15.8 Å². The summed E-state index contributed by atoms with van der Waals surface area (Å²) in [5.74, 6) is -0.0758. The predicted octanol–water partition coefficient (Wildman–Crippen LogP) is 4.68. The minimum Gasteiger partial charge on any atom is -0.192 e. The molecule has 0 saturated heterocycles. The van der Waals surface area contributed by atoms with Crippen LogP contribution in [0.1, 0.15) is 39.3 Å². The molecule has 0 spiro atoms. The van der Waals surface area contributed by atoms with Gasteiger partial charge in [-0.05, 0) is 35.2 Å². The summed E-state index contributed by atoms with van der Waals surface area (Å²) in [5, 5.41) is 28.3. The molecule has 1 atom stereocenters. The zero-order valence-corrected chi connectivity index (χ0v) is 14.1. The van der Waals surface area contributed by atoms with E-state index in [-0.39, 0.29) is 11.5 Å². The summed E-state index contributed by atoms with van der Waals surface area (Å²) < 4.78 is 0. The van der Waals surface area contributed by atoms with Crippen LogP contribution in [0, 0.1) is 34.0 Å². The van der Waals surface area contributed by atoms with E-state index in [9.17, 15) is 15.8 Å². The van der Waals surface area contributed by atoms with Gasteiger partial charge in [0.25, 0.3) is 0 Å².